The maximum Gasteiger partial charge on any atom is 0.305 e. The number of ether oxygens (including phenoxy) is 2. The van der Waals surface area contributed by atoms with E-state index in [4.69, 9.17) is 21.1 Å². The molecule has 2 saturated carbocycles. The first-order valence-electron chi connectivity index (χ1n) is 14.7. The van der Waals surface area contributed by atoms with Crippen LogP contribution in [-0.2, 0) is 16.2 Å². The highest BCUT2D eigenvalue weighted by Gasteiger charge is 2.69. The van der Waals surface area contributed by atoms with Gasteiger partial charge in [-0.25, -0.2) is 0 Å². The largest absolute Gasteiger partial charge is 0.493 e. The highest BCUT2D eigenvalue weighted by Crippen LogP contribution is 2.68. The number of rotatable bonds is 6. The van der Waals surface area contributed by atoms with Crippen LogP contribution in [-0.4, -0.2) is 29.2 Å². The van der Waals surface area contributed by atoms with Gasteiger partial charge in [0.1, 0.15) is 6.61 Å². The zero-order chi connectivity index (χ0) is 30.3. The van der Waals surface area contributed by atoms with E-state index in [0.29, 0.717) is 28.8 Å². The minimum Gasteiger partial charge on any atom is -0.493 e. The molecule has 2 aliphatic heterocycles. The summed E-state index contributed by atoms with van der Waals surface area (Å²) in [7, 11) is 1.63. The van der Waals surface area contributed by atoms with Crippen LogP contribution >= 0.6 is 34.7 Å². The Morgan fingerprint density at radius 1 is 0.932 bits per heavy atom. The van der Waals surface area contributed by atoms with Crippen molar-refractivity contribution in [3.8, 4) is 11.5 Å². The first kappa shape index (κ1) is 28.0. The van der Waals surface area contributed by atoms with Crippen molar-refractivity contribution in [2.45, 2.75) is 36.1 Å². The Morgan fingerprint density at radius 3 is 2.39 bits per heavy atom. The lowest BCUT2D eigenvalue weighted by molar-refractivity contribution is -0.123. The number of fused-ring (bicyclic) bond motifs is 9. The SMILES string of the molecule is COc1cc([C@@H]2c3sc(=O)[nH]c3S[C@@H]3[C@@H]4C[C@@H]([C@@H]5C(=O)N(c6ccc(Cl)cc6)C(=O)[C@@H]45)[C@@H]23)ccc1OCc1ccc(C)cc1. The first-order chi connectivity index (χ1) is 21.3. The standard InChI is InChI=1S/C34H29ClN2O5S2/c1-16-3-5-17(6-4-16)15-42-23-12-7-18(13-24(23)41-2)25-26-21-14-22(29(26)43-31-30(25)44-34(40)36-31)28-27(21)32(38)37(33(28)39)20-10-8-19(35)9-11-20/h3-13,21-22,25-29H,14-15H2,1-2H3,(H,36,40)/t21-,22-,25+,26+,27+,28+,29-/m1/s1. The van der Waals surface area contributed by atoms with Crippen molar-refractivity contribution in [2.24, 2.45) is 29.6 Å². The molecule has 10 heteroatoms. The zero-order valence-electron chi connectivity index (χ0n) is 24.0. The Kier molecular flexibility index (Phi) is 6.70. The van der Waals surface area contributed by atoms with Gasteiger partial charge in [-0.3, -0.25) is 19.3 Å². The summed E-state index contributed by atoms with van der Waals surface area (Å²) in [6.45, 7) is 2.47. The van der Waals surface area contributed by atoms with Crippen LogP contribution in [0.25, 0.3) is 0 Å². The molecule has 2 bridgehead atoms. The molecule has 1 saturated heterocycles. The van der Waals surface area contributed by atoms with Crippen LogP contribution in [0.2, 0.25) is 5.02 Å². The Balaban J connectivity index is 1.14. The smallest absolute Gasteiger partial charge is 0.305 e. The van der Waals surface area contributed by atoms with Crippen LogP contribution in [0.1, 0.15) is 33.9 Å². The van der Waals surface area contributed by atoms with E-state index in [9.17, 15) is 14.4 Å². The number of hydrogen-bond acceptors (Lipinski definition) is 7. The fourth-order valence-corrected chi connectivity index (χ4v) is 11.1. The molecule has 2 aliphatic carbocycles. The normalized spacial score (nSPS) is 28.2. The summed E-state index contributed by atoms with van der Waals surface area (Å²) in [4.78, 5) is 45.8. The third-order valence-electron chi connectivity index (χ3n) is 9.87. The van der Waals surface area contributed by atoms with Gasteiger partial charge in [0.2, 0.25) is 11.8 Å². The van der Waals surface area contributed by atoms with Crippen LogP contribution in [0.3, 0.4) is 0 Å². The summed E-state index contributed by atoms with van der Waals surface area (Å²) in [6, 6.07) is 21.1. The number of carbonyl (C=O) groups is 2. The number of aromatic nitrogens is 1. The third-order valence-corrected chi connectivity index (χ3v) is 12.7. The minimum atomic E-state index is -0.372. The lowest BCUT2D eigenvalue weighted by atomic mass is 9.68. The Morgan fingerprint density at radius 2 is 1.66 bits per heavy atom. The summed E-state index contributed by atoms with van der Waals surface area (Å²) >= 11 is 9.02. The van der Waals surface area contributed by atoms with E-state index >= 15 is 0 Å². The number of benzene rings is 3. The molecule has 2 amide bonds. The Bertz CT molecular complexity index is 1850. The number of thioether (sulfide) groups is 1. The summed E-state index contributed by atoms with van der Waals surface area (Å²) in [5.41, 5.74) is 3.85. The van der Waals surface area contributed by atoms with Crippen molar-refractivity contribution in [3.05, 3.63) is 103 Å². The Labute approximate surface area is 267 Å². The van der Waals surface area contributed by atoms with Crippen LogP contribution in [0.4, 0.5) is 5.69 Å². The molecule has 3 heterocycles. The molecular weight excluding hydrogens is 616 g/mol. The van der Waals surface area contributed by atoms with E-state index in [1.54, 1.807) is 43.1 Å². The first-order valence-corrected chi connectivity index (χ1v) is 16.8. The summed E-state index contributed by atoms with van der Waals surface area (Å²) < 4.78 is 12.0. The van der Waals surface area contributed by atoms with Crippen molar-refractivity contribution >= 4 is 52.2 Å². The van der Waals surface area contributed by atoms with Gasteiger partial charge in [0, 0.05) is 21.1 Å². The minimum absolute atomic E-state index is 0.0232. The number of carbonyl (C=O) groups excluding carboxylic acids is 2. The van der Waals surface area contributed by atoms with Crippen LogP contribution < -0.4 is 19.2 Å². The molecule has 7 atom stereocenters. The number of amides is 2. The molecule has 0 unspecified atom stereocenters. The molecule has 0 radical (unpaired) electrons. The monoisotopic (exact) mass is 644 g/mol. The number of methoxy groups -OCH3 is 1. The molecule has 4 aromatic rings. The predicted octanol–water partition coefficient (Wildman–Crippen LogP) is 6.66. The lowest BCUT2D eigenvalue weighted by Crippen LogP contribution is -2.42. The molecule has 8 rings (SSSR count). The molecular formula is C34H29ClN2O5S2. The van der Waals surface area contributed by atoms with Crippen molar-refractivity contribution < 1.29 is 19.1 Å². The van der Waals surface area contributed by atoms with Gasteiger partial charge in [0.25, 0.3) is 0 Å². The average Bonchev–Trinajstić information content (AvgIpc) is 3.76. The molecule has 224 valence electrons. The number of anilines is 1. The molecule has 4 aliphatic rings. The molecule has 44 heavy (non-hydrogen) atoms. The topological polar surface area (TPSA) is 88.7 Å². The highest BCUT2D eigenvalue weighted by molar-refractivity contribution is 8.00. The number of halogens is 1. The van der Waals surface area contributed by atoms with Gasteiger partial charge >= 0.3 is 4.87 Å². The van der Waals surface area contributed by atoms with Gasteiger partial charge < -0.3 is 14.5 Å². The molecule has 3 aromatic carbocycles. The summed E-state index contributed by atoms with van der Waals surface area (Å²) in [5, 5.41) is 1.54. The maximum atomic E-state index is 14.0. The van der Waals surface area contributed by atoms with Crippen LogP contribution in [0.5, 0.6) is 11.5 Å². The lowest BCUT2D eigenvalue weighted by Gasteiger charge is -2.43. The number of nitrogens with one attached hydrogen (secondary N) is 1. The molecule has 1 N–H and O–H groups in total. The molecule has 1 aromatic heterocycles. The number of thiazole rings is 1. The van der Waals surface area contributed by atoms with Crippen molar-refractivity contribution in [1.82, 2.24) is 4.98 Å². The molecule has 3 fully saturated rings. The van der Waals surface area contributed by atoms with E-state index in [1.807, 2.05) is 12.1 Å². The second kappa shape index (κ2) is 10.5. The maximum absolute atomic E-state index is 14.0. The number of nitrogens with zero attached hydrogens (tertiary/aromatic N) is 1. The van der Waals surface area contributed by atoms with E-state index in [1.165, 1.54) is 21.8 Å². The van der Waals surface area contributed by atoms with Crippen molar-refractivity contribution in [1.29, 1.82) is 0 Å². The highest BCUT2D eigenvalue weighted by atomic mass is 35.5. The van der Waals surface area contributed by atoms with Crippen LogP contribution in [0, 0.1) is 36.5 Å². The molecule has 7 nitrogen and oxygen atoms in total. The summed E-state index contributed by atoms with van der Waals surface area (Å²) in [6.07, 6.45) is 0.828. The number of H-pyrrole nitrogens is 1. The van der Waals surface area contributed by atoms with Gasteiger partial charge in [-0.1, -0.05) is 58.8 Å². The quantitative estimate of drug-likeness (QED) is 0.236. The fraction of sp³-hybridized carbons (Fsp3) is 0.324. The second-order valence-electron chi connectivity index (χ2n) is 12.1. The fourth-order valence-electron chi connectivity index (χ4n) is 8.08. The Hall–Kier alpha value is -3.53. The number of imide groups is 1. The van der Waals surface area contributed by atoms with E-state index in [2.05, 4.69) is 42.2 Å². The number of hydrogen-bond donors (Lipinski definition) is 1. The average molecular weight is 645 g/mol. The van der Waals surface area contributed by atoms with E-state index < -0.39 is 0 Å². The number of aromatic amines is 1. The third kappa shape index (κ3) is 4.27. The second-order valence-corrected chi connectivity index (χ2v) is 14.8. The van der Waals surface area contributed by atoms with Gasteiger partial charge in [-0.05, 0) is 78.6 Å². The number of aryl methyl sites for hydroxylation is 1. The van der Waals surface area contributed by atoms with Gasteiger partial charge in [-0.2, -0.15) is 0 Å². The van der Waals surface area contributed by atoms with Gasteiger partial charge in [-0.15, -0.1) is 11.8 Å². The van der Waals surface area contributed by atoms with Crippen molar-refractivity contribution in [2.75, 3.05) is 12.0 Å². The zero-order valence-corrected chi connectivity index (χ0v) is 26.4. The van der Waals surface area contributed by atoms with E-state index in [0.717, 1.165) is 27.5 Å². The van der Waals surface area contributed by atoms with Crippen LogP contribution in [0.15, 0.2) is 76.6 Å². The van der Waals surface area contributed by atoms with Gasteiger partial charge in [0.05, 0.1) is 29.7 Å². The van der Waals surface area contributed by atoms with E-state index in [-0.39, 0.29) is 57.4 Å². The summed E-state index contributed by atoms with van der Waals surface area (Å²) in [5.74, 6) is 0.358. The predicted molar refractivity (Wildman–Crippen MR) is 171 cm³/mol. The van der Waals surface area contributed by atoms with Gasteiger partial charge in [0.15, 0.2) is 11.5 Å². The van der Waals surface area contributed by atoms with Crippen molar-refractivity contribution in [3.63, 3.8) is 0 Å². The molecule has 0 spiro atoms.